The zero-order valence-corrected chi connectivity index (χ0v) is 43.3. The standard InChI is InChI=1S/C54H67F2N5O8SSi/c1-54(2,3)50(47-31-42(44-32-43(55)23-24-45(44)56)34-60(47)33-39-17-10-7-11-18-39)61(28-16-26-58-52(65)67-29-30-71(4,5)6)48(62)38-70-37-46(59-53(66)69-36-41-21-14-9-15-22-41)51(64)57-27-25-49(63)68-35-40-19-12-8-13-20-40/h7-15,17-24,31-32,34,46,50H,16,25-30,33,35-38H2,1-6H3,(H,57,64)(H,58,65)(H,59,66)/t46-,50-/m0/s1. The molecule has 17 heteroatoms. The number of carbonyl (C=O) groups is 5. The number of halogens is 2. The first-order valence-electron chi connectivity index (χ1n) is 23.8. The lowest BCUT2D eigenvalue weighted by atomic mass is 9.83. The molecule has 0 saturated heterocycles. The van der Waals surface area contributed by atoms with Crippen LogP contribution in [0.25, 0.3) is 11.1 Å². The van der Waals surface area contributed by atoms with Gasteiger partial charge in [-0.15, -0.1) is 11.8 Å². The highest BCUT2D eigenvalue weighted by molar-refractivity contribution is 8.00. The van der Waals surface area contributed by atoms with E-state index in [1.165, 1.54) is 0 Å². The molecule has 2 atom stereocenters. The minimum absolute atomic E-state index is 0.0480. The lowest BCUT2D eigenvalue weighted by Crippen LogP contribution is -2.49. The highest BCUT2D eigenvalue weighted by atomic mass is 32.2. The van der Waals surface area contributed by atoms with Crippen LogP contribution in [0.4, 0.5) is 18.4 Å². The molecule has 5 aromatic rings. The molecule has 4 amide bonds. The zero-order valence-electron chi connectivity index (χ0n) is 41.5. The molecule has 13 nitrogen and oxygen atoms in total. The van der Waals surface area contributed by atoms with E-state index in [4.69, 9.17) is 14.2 Å². The second-order valence-corrected chi connectivity index (χ2v) is 26.1. The summed E-state index contributed by atoms with van der Waals surface area (Å²) in [5, 5.41) is 8.16. The predicted octanol–water partition coefficient (Wildman–Crippen LogP) is 10.1. The molecule has 0 bridgehead atoms. The SMILES string of the molecule is CC(C)(C)[C@H](c1cc(-c2cc(F)ccc2F)cn1Cc1ccccc1)N(CCCNC(=O)OCC[Si](C)(C)C)C(=O)CSC[C@H](NC(=O)OCc1ccccc1)C(=O)NCCC(=O)OCc1ccccc1. The van der Waals surface area contributed by atoms with Crippen molar-refractivity contribution in [3.8, 4) is 11.1 Å². The molecule has 0 aliphatic rings. The van der Waals surface area contributed by atoms with Gasteiger partial charge in [0.25, 0.3) is 0 Å². The molecule has 0 radical (unpaired) electrons. The summed E-state index contributed by atoms with van der Waals surface area (Å²) in [6.45, 7) is 13.5. The van der Waals surface area contributed by atoms with Gasteiger partial charge in [-0.3, -0.25) is 14.4 Å². The second-order valence-electron chi connectivity index (χ2n) is 19.4. The number of amides is 4. The Morgan fingerprint density at radius 1 is 0.746 bits per heavy atom. The number of aromatic nitrogens is 1. The van der Waals surface area contributed by atoms with E-state index in [2.05, 4.69) is 35.6 Å². The summed E-state index contributed by atoms with van der Waals surface area (Å²) in [7, 11) is -1.44. The average Bonchev–Trinajstić information content (AvgIpc) is 3.73. The number of nitrogens with one attached hydrogen (secondary N) is 3. The van der Waals surface area contributed by atoms with Crippen molar-refractivity contribution in [1.82, 2.24) is 25.4 Å². The van der Waals surface area contributed by atoms with Crippen molar-refractivity contribution >= 4 is 49.8 Å². The predicted molar refractivity (Wildman–Crippen MR) is 276 cm³/mol. The van der Waals surface area contributed by atoms with Gasteiger partial charge in [0.05, 0.1) is 24.8 Å². The summed E-state index contributed by atoms with van der Waals surface area (Å²) in [6.07, 6.45) is 0.580. The number of ether oxygens (including phenoxy) is 3. The summed E-state index contributed by atoms with van der Waals surface area (Å²) in [5.41, 5.74) is 3.01. The van der Waals surface area contributed by atoms with Crippen LogP contribution >= 0.6 is 11.8 Å². The van der Waals surface area contributed by atoms with Crippen molar-refractivity contribution in [2.45, 2.75) is 91.1 Å². The van der Waals surface area contributed by atoms with Crippen LogP contribution in [0.1, 0.15) is 62.0 Å². The number of benzene rings is 4. The largest absolute Gasteiger partial charge is 0.461 e. The Balaban J connectivity index is 1.38. The average molecular weight is 1010 g/mol. The van der Waals surface area contributed by atoms with Crippen molar-refractivity contribution in [2.75, 3.05) is 37.7 Å². The normalized spacial score (nSPS) is 12.3. The van der Waals surface area contributed by atoms with Crippen LogP contribution in [0, 0.1) is 17.0 Å². The van der Waals surface area contributed by atoms with Gasteiger partial charge in [0.1, 0.15) is 30.9 Å². The Morgan fingerprint density at radius 2 is 1.37 bits per heavy atom. The van der Waals surface area contributed by atoms with Crippen LogP contribution in [0.3, 0.4) is 0 Å². The minimum atomic E-state index is -1.44. The Hall–Kier alpha value is -6.46. The van der Waals surface area contributed by atoms with Crippen LogP contribution in [0.5, 0.6) is 0 Å². The van der Waals surface area contributed by atoms with Crippen molar-refractivity contribution in [2.24, 2.45) is 5.41 Å². The molecule has 1 aromatic heterocycles. The fraction of sp³-hybridized carbons (Fsp3) is 0.389. The third-order valence-corrected chi connectivity index (χ3v) is 14.0. The van der Waals surface area contributed by atoms with Crippen LogP contribution in [0.15, 0.2) is 121 Å². The van der Waals surface area contributed by atoms with Crippen LogP contribution in [-0.2, 0) is 48.4 Å². The number of thioether (sulfide) groups is 1. The van der Waals surface area contributed by atoms with E-state index in [9.17, 15) is 28.4 Å². The fourth-order valence-electron chi connectivity index (χ4n) is 7.61. The van der Waals surface area contributed by atoms with E-state index in [0.717, 1.165) is 52.7 Å². The molecule has 0 spiro atoms. The molecule has 3 N–H and O–H groups in total. The Labute approximate surface area is 421 Å². The maximum Gasteiger partial charge on any atom is 0.408 e. The van der Waals surface area contributed by atoms with E-state index in [-0.39, 0.29) is 62.2 Å². The maximum absolute atomic E-state index is 15.4. The minimum Gasteiger partial charge on any atom is -0.461 e. The number of alkyl carbamates (subject to hydrolysis) is 2. The summed E-state index contributed by atoms with van der Waals surface area (Å²) in [5.74, 6) is -2.83. The number of carbonyl (C=O) groups excluding carboxylic acids is 5. The van der Waals surface area contributed by atoms with E-state index in [1.807, 2.05) is 104 Å². The summed E-state index contributed by atoms with van der Waals surface area (Å²) >= 11 is 1.12. The molecular formula is C54H67F2N5O8SSi. The first-order chi connectivity index (χ1) is 33.9. The van der Waals surface area contributed by atoms with E-state index in [0.29, 0.717) is 30.8 Å². The quantitative estimate of drug-likeness (QED) is 0.0224. The summed E-state index contributed by atoms with van der Waals surface area (Å²) in [6, 6.07) is 32.0. The van der Waals surface area contributed by atoms with Crippen molar-refractivity contribution in [1.29, 1.82) is 0 Å². The van der Waals surface area contributed by atoms with E-state index >= 15 is 4.39 Å². The van der Waals surface area contributed by atoms with Gasteiger partial charge in [-0.05, 0) is 58.8 Å². The lowest BCUT2D eigenvalue weighted by molar-refractivity contribution is -0.144. The molecule has 0 aliphatic heterocycles. The van der Waals surface area contributed by atoms with E-state index in [1.54, 1.807) is 29.3 Å². The fourth-order valence-corrected chi connectivity index (χ4v) is 9.25. The van der Waals surface area contributed by atoms with E-state index < -0.39 is 61.3 Å². The van der Waals surface area contributed by atoms with Gasteiger partial charge in [-0.1, -0.05) is 131 Å². The van der Waals surface area contributed by atoms with Gasteiger partial charge in [0.15, 0.2) is 0 Å². The first kappa shape index (κ1) is 55.5. The topological polar surface area (TPSA) is 157 Å². The first-order valence-corrected chi connectivity index (χ1v) is 28.6. The summed E-state index contributed by atoms with van der Waals surface area (Å²) in [4.78, 5) is 68.7. The van der Waals surface area contributed by atoms with Crippen LogP contribution in [-0.4, -0.2) is 91.3 Å². The zero-order chi connectivity index (χ0) is 51.4. The Bertz CT molecular complexity index is 2500. The molecule has 0 aliphatic carbocycles. The smallest absolute Gasteiger partial charge is 0.408 e. The Kier molecular flexibility index (Phi) is 21.3. The van der Waals surface area contributed by atoms with Gasteiger partial charge >= 0.3 is 18.2 Å². The van der Waals surface area contributed by atoms with Crippen LogP contribution < -0.4 is 16.0 Å². The van der Waals surface area contributed by atoms with Gasteiger partial charge in [-0.2, -0.15) is 0 Å². The lowest BCUT2D eigenvalue weighted by Gasteiger charge is -2.41. The number of nitrogens with zero attached hydrogens (tertiary/aromatic N) is 2. The molecule has 4 aromatic carbocycles. The highest BCUT2D eigenvalue weighted by Crippen LogP contribution is 2.41. The van der Waals surface area contributed by atoms with Crippen molar-refractivity contribution in [3.05, 3.63) is 155 Å². The number of hydrogen-bond acceptors (Lipinski definition) is 9. The van der Waals surface area contributed by atoms with Gasteiger partial charge < -0.3 is 39.6 Å². The number of hydrogen-bond donors (Lipinski definition) is 3. The van der Waals surface area contributed by atoms with Crippen LogP contribution in [0.2, 0.25) is 25.7 Å². The highest BCUT2D eigenvalue weighted by Gasteiger charge is 2.37. The summed E-state index contributed by atoms with van der Waals surface area (Å²) < 4.78 is 48.3. The maximum atomic E-state index is 15.4. The second kappa shape index (κ2) is 27.2. The number of esters is 1. The number of rotatable bonds is 25. The Morgan fingerprint density at radius 3 is 1.99 bits per heavy atom. The molecule has 0 saturated carbocycles. The van der Waals surface area contributed by atoms with Gasteiger partial charge in [-0.25, -0.2) is 18.4 Å². The van der Waals surface area contributed by atoms with Crippen molar-refractivity contribution < 1.29 is 47.0 Å². The molecule has 5 rings (SSSR count). The molecule has 0 unspecified atom stereocenters. The molecule has 1 heterocycles. The third kappa shape index (κ3) is 19.0. The van der Waals surface area contributed by atoms with Gasteiger partial charge in [0.2, 0.25) is 11.8 Å². The monoisotopic (exact) mass is 1010 g/mol. The van der Waals surface area contributed by atoms with Crippen molar-refractivity contribution in [3.63, 3.8) is 0 Å². The third-order valence-electron chi connectivity index (χ3n) is 11.2. The molecule has 71 heavy (non-hydrogen) atoms. The van der Waals surface area contributed by atoms with Gasteiger partial charge in [0, 0.05) is 63.0 Å². The molecule has 380 valence electrons. The molecular weight excluding hydrogens is 945 g/mol. The molecule has 0 fully saturated rings.